The maximum atomic E-state index is 14.5. The number of allylic oxidation sites excluding steroid dienone is 2. The van der Waals surface area contributed by atoms with E-state index in [0.29, 0.717) is 60.0 Å². The number of fused-ring (bicyclic) bond motifs is 2. The van der Waals surface area contributed by atoms with E-state index in [2.05, 4.69) is 28.6 Å². The summed E-state index contributed by atoms with van der Waals surface area (Å²) in [6.07, 6.45) is 7.63. The molecule has 1 aliphatic carbocycles. The number of nitrogens with zero attached hydrogens (tertiary/aromatic N) is 4. The zero-order chi connectivity index (χ0) is 38.0. The van der Waals surface area contributed by atoms with E-state index < -0.39 is 17.7 Å². The molecule has 1 aromatic carbocycles. The fourth-order valence-corrected chi connectivity index (χ4v) is 7.52. The molecule has 5 rings (SSSR count). The number of rotatable bonds is 16. The molecule has 1 saturated carbocycles. The Labute approximate surface area is 305 Å². The van der Waals surface area contributed by atoms with Crippen LogP contribution in [0.3, 0.4) is 0 Å². The van der Waals surface area contributed by atoms with Crippen LogP contribution in [0.2, 0.25) is 0 Å². The van der Waals surface area contributed by atoms with Gasteiger partial charge in [-0.1, -0.05) is 18.2 Å². The summed E-state index contributed by atoms with van der Waals surface area (Å²) in [4.78, 5) is 73.2. The first-order chi connectivity index (χ1) is 24.6. The first-order valence-electron chi connectivity index (χ1n) is 18.1. The van der Waals surface area contributed by atoms with E-state index in [1.54, 1.807) is 43.9 Å². The number of amides is 2. The van der Waals surface area contributed by atoms with E-state index in [4.69, 9.17) is 4.74 Å². The highest BCUT2D eigenvalue weighted by Gasteiger charge is 2.66. The van der Waals surface area contributed by atoms with Gasteiger partial charge in [-0.05, 0) is 108 Å². The maximum Gasteiger partial charge on any atom is 0.412 e. The summed E-state index contributed by atoms with van der Waals surface area (Å²) >= 11 is 0. The van der Waals surface area contributed by atoms with Crippen molar-refractivity contribution in [3.8, 4) is 0 Å². The quantitative estimate of drug-likeness (QED) is 0.0936. The van der Waals surface area contributed by atoms with Gasteiger partial charge in [0.1, 0.15) is 23.6 Å². The number of unbranched alkanes of at least 4 members (excludes halogenated alkanes) is 1. The highest BCUT2D eigenvalue weighted by molar-refractivity contribution is 6.07. The molecule has 0 spiro atoms. The Morgan fingerprint density at radius 2 is 1.81 bits per heavy atom. The first kappa shape index (κ1) is 38.3. The van der Waals surface area contributed by atoms with Crippen LogP contribution in [-0.4, -0.2) is 66.7 Å². The molecule has 2 amide bonds. The molecule has 276 valence electrons. The van der Waals surface area contributed by atoms with Gasteiger partial charge < -0.3 is 9.64 Å². The number of aromatic nitrogens is 3. The second-order valence-corrected chi connectivity index (χ2v) is 15.4. The maximum absolute atomic E-state index is 14.5. The van der Waals surface area contributed by atoms with Crippen LogP contribution in [-0.2, 0) is 38.5 Å². The molecule has 1 saturated heterocycles. The van der Waals surface area contributed by atoms with Gasteiger partial charge in [-0.25, -0.2) is 4.79 Å². The Morgan fingerprint density at radius 1 is 1.06 bits per heavy atom. The van der Waals surface area contributed by atoms with Crippen LogP contribution < -0.4 is 5.32 Å². The average Bonchev–Trinajstić information content (AvgIpc) is 3.46. The molecule has 2 fully saturated rings. The summed E-state index contributed by atoms with van der Waals surface area (Å²) in [7, 11) is 0. The van der Waals surface area contributed by atoms with Crippen LogP contribution in [0, 0.1) is 19.3 Å². The number of likely N-dealkylation sites (tertiary alicyclic amines) is 1. The van der Waals surface area contributed by atoms with E-state index in [-0.39, 0.29) is 53.4 Å². The fourth-order valence-electron chi connectivity index (χ4n) is 7.52. The number of nitrogens with one attached hydrogen (secondary N) is 1. The molecule has 3 atom stereocenters. The standard InChI is InChI=1S/C41H51N5O6/c1-9-11-12-14-30(48)17-18-41-22-33(34(49)21-32-25(3)15-16-26(4)42-32)46(35(41)23-41)36(50)24-45-38-28(13-10-2)19-29(43-39(51)52-40(6,7)8)20-31(38)37(44-45)27(5)47/h9-10,15-16,19-20,33,35H,1-2,11-14,17-18,21-24H2,3-8H3,(H,43,51)/t33-,35+,41-/m0/s1. The third-order valence-electron chi connectivity index (χ3n) is 10.1. The van der Waals surface area contributed by atoms with Gasteiger partial charge >= 0.3 is 6.09 Å². The monoisotopic (exact) mass is 709 g/mol. The summed E-state index contributed by atoms with van der Waals surface area (Å²) in [5.74, 6) is -0.485. The molecular formula is C41H51N5O6. The summed E-state index contributed by atoms with van der Waals surface area (Å²) in [6.45, 7) is 17.9. The van der Waals surface area contributed by atoms with Crippen molar-refractivity contribution >= 4 is 45.9 Å². The second kappa shape index (κ2) is 15.4. The number of ether oxygens (including phenoxy) is 1. The number of hydrogen-bond donors (Lipinski definition) is 1. The van der Waals surface area contributed by atoms with Crippen LogP contribution in [0.25, 0.3) is 10.9 Å². The Morgan fingerprint density at radius 3 is 2.48 bits per heavy atom. The molecule has 52 heavy (non-hydrogen) atoms. The minimum atomic E-state index is -0.710. The van der Waals surface area contributed by atoms with Crippen molar-refractivity contribution in [1.82, 2.24) is 19.7 Å². The average molecular weight is 710 g/mol. The number of benzene rings is 1. The Bertz CT molecular complexity index is 1940. The van der Waals surface area contributed by atoms with E-state index in [1.807, 2.05) is 32.1 Å². The summed E-state index contributed by atoms with van der Waals surface area (Å²) in [5, 5.41) is 7.87. The zero-order valence-corrected chi connectivity index (χ0v) is 31.3. The van der Waals surface area contributed by atoms with Gasteiger partial charge in [0, 0.05) is 42.6 Å². The highest BCUT2D eigenvalue weighted by atomic mass is 16.6. The summed E-state index contributed by atoms with van der Waals surface area (Å²) < 4.78 is 6.97. The summed E-state index contributed by atoms with van der Waals surface area (Å²) in [5.41, 5.74) is 3.26. The number of hydrogen-bond acceptors (Lipinski definition) is 8. The molecule has 2 aliphatic rings. The minimum absolute atomic E-state index is 0.0848. The van der Waals surface area contributed by atoms with E-state index in [9.17, 15) is 24.0 Å². The predicted molar refractivity (Wildman–Crippen MR) is 200 cm³/mol. The zero-order valence-electron chi connectivity index (χ0n) is 31.3. The molecule has 0 radical (unpaired) electrons. The third-order valence-corrected chi connectivity index (χ3v) is 10.1. The fraction of sp³-hybridized carbons (Fsp3) is 0.488. The Balaban J connectivity index is 1.46. The predicted octanol–water partition coefficient (Wildman–Crippen LogP) is 7.20. The van der Waals surface area contributed by atoms with Crippen LogP contribution >= 0.6 is 0 Å². The Kier molecular flexibility index (Phi) is 11.3. The molecule has 0 bridgehead atoms. The van der Waals surface area contributed by atoms with E-state index >= 15 is 0 Å². The Hall–Kier alpha value is -4.93. The van der Waals surface area contributed by atoms with Gasteiger partial charge in [-0.3, -0.25) is 34.2 Å². The molecular weight excluding hydrogens is 658 g/mol. The number of Topliss-reactive ketones (excluding diaryl/α,β-unsaturated/α-hetero) is 3. The number of pyridine rings is 1. The second-order valence-electron chi connectivity index (χ2n) is 15.4. The molecule has 3 heterocycles. The van der Waals surface area contributed by atoms with Gasteiger partial charge in [-0.2, -0.15) is 5.10 Å². The molecule has 2 aromatic heterocycles. The van der Waals surface area contributed by atoms with Crippen LogP contribution in [0.5, 0.6) is 0 Å². The number of piperidine rings is 1. The van der Waals surface area contributed by atoms with Crippen LogP contribution in [0.4, 0.5) is 10.5 Å². The normalized spacial score (nSPS) is 19.2. The minimum Gasteiger partial charge on any atom is -0.444 e. The molecule has 11 heteroatoms. The van der Waals surface area contributed by atoms with Crippen molar-refractivity contribution in [2.45, 2.75) is 124 Å². The largest absolute Gasteiger partial charge is 0.444 e. The smallest absolute Gasteiger partial charge is 0.412 e. The van der Waals surface area contributed by atoms with E-state index in [0.717, 1.165) is 30.5 Å². The number of carbonyl (C=O) groups excluding carboxylic acids is 5. The van der Waals surface area contributed by atoms with Crippen molar-refractivity contribution < 1.29 is 28.7 Å². The number of anilines is 1. The lowest BCUT2D eigenvalue weighted by Crippen LogP contribution is -2.45. The van der Waals surface area contributed by atoms with Crippen molar-refractivity contribution in [1.29, 1.82) is 0 Å². The lowest BCUT2D eigenvalue weighted by atomic mass is 9.90. The summed E-state index contributed by atoms with van der Waals surface area (Å²) in [6, 6.07) is 6.44. The van der Waals surface area contributed by atoms with Gasteiger partial charge in [0.15, 0.2) is 11.6 Å². The van der Waals surface area contributed by atoms with Gasteiger partial charge in [-0.15, -0.1) is 13.2 Å². The van der Waals surface area contributed by atoms with Crippen molar-refractivity contribution in [2.75, 3.05) is 5.32 Å². The van der Waals surface area contributed by atoms with Crippen molar-refractivity contribution in [2.24, 2.45) is 5.41 Å². The first-order valence-corrected chi connectivity index (χ1v) is 18.1. The number of carbonyl (C=O) groups is 5. The highest BCUT2D eigenvalue weighted by Crippen LogP contribution is 2.62. The lowest BCUT2D eigenvalue weighted by molar-refractivity contribution is -0.139. The van der Waals surface area contributed by atoms with Gasteiger partial charge in [0.2, 0.25) is 5.91 Å². The lowest BCUT2D eigenvalue weighted by Gasteiger charge is -2.27. The topological polar surface area (TPSA) is 141 Å². The van der Waals surface area contributed by atoms with Crippen molar-refractivity contribution in [3.63, 3.8) is 0 Å². The van der Waals surface area contributed by atoms with E-state index in [1.165, 1.54) is 11.6 Å². The molecule has 0 unspecified atom stereocenters. The molecule has 1 aliphatic heterocycles. The van der Waals surface area contributed by atoms with Gasteiger partial charge in [0.05, 0.1) is 23.7 Å². The van der Waals surface area contributed by atoms with Gasteiger partial charge in [0.25, 0.3) is 0 Å². The van der Waals surface area contributed by atoms with Crippen LogP contribution in [0.15, 0.2) is 49.6 Å². The SMILES string of the molecule is C=CCCCC(=O)CC[C@@]12C[C@@H](C(=O)Cc3nc(C)ccc3C)N(C(=O)Cn3nc(C(C)=O)c4cc(NC(=O)OC(C)(C)C)cc(CC=C)c43)[C@@H]1C2. The number of ketones is 3. The molecule has 11 nitrogen and oxygen atoms in total. The van der Waals surface area contributed by atoms with Crippen molar-refractivity contribution in [3.05, 3.63) is 77.8 Å². The van der Waals surface area contributed by atoms with Crippen LogP contribution in [0.1, 0.15) is 106 Å². The molecule has 3 aromatic rings. The number of aryl methyl sites for hydroxylation is 2. The third kappa shape index (κ3) is 8.57. The molecule has 1 N–H and O–H groups in total.